The van der Waals surface area contributed by atoms with E-state index in [0.29, 0.717) is 15.7 Å². The fraction of sp³-hybridized carbons (Fsp3) is 0.174. The molecule has 3 aromatic rings. The minimum absolute atomic E-state index is 0.239. The summed E-state index contributed by atoms with van der Waals surface area (Å²) in [7, 11) is 0. The maximum absolute atomic E-state index is 13.7. The Morgan fingerprint density at radius 2 is 1.48 bits per heavy atom. The van der Waals surface area contributed by atoms with Crippen LogP contribution in [0.15, 0.2) is 73.1 Å². The highest BCUT2D eigenvalue weighted by molar-refractivity contribution is 6.36. The van der Waals surface area contributed by atoms with E-state index in [-0.39, 0.29) is 11.8 Å². The van der Waals surface area contributed by atoms with Gasteiger partial charge in [-0.3, -0.25) is 14.6 Å². The molecule has 2 aliphatic rings. The Morgan fingerprint density at radius 1 is 0.897 bits per heavy atom. The highest BCUT2D eigenvalue weighted by Crippen LogP contribution is 2.76. The van der Waals surface area contributed by atoms with Crippen molar-refractivity contribution in [1.29, 1.82) is 0 Å². The third-order valence-electron chi connectivity index (χ3n) is 6.33. The number of piperidine rings is 1. The first-order valence-electron chi connectivity index (χ1n) is 9.23. The van der Waals surface area contributed by atoms with Gasteiger partial charge >= 0.3 is 0 Å². The number of halogens is 2. The highest BCUT2D eigenvalue weighted by atomic mass is 35.5. The molecule has 2 heterocycles. The summed E-state index contributed by atoms with van der Waals surface area (Å²) in [5.74, 6) is -0.993. The Hall–Kier alpha value is -2.69. The molecule has 144 valence electrons. The second-order valence-corrected chi connectivity index (χ2v) is 8.52. The number of carbonyl (C=O) groups excluding carboxylic acids is 2. The second kappa shape index (κ2) is 6.15. The fourth-order valence-electron chi connectivity index (χ4n) is 5.13. The predicted octanol–water partition coefficient (Wildman–Crippen LogP) is 4.88. The molecule has 2 amide bonds. The van der Waals surface area contributed by atoms with Gasteiger partial charge in [0.2, 0.25) is 11.8 Å². The number of pyridine rings is 1. The molecule has 2 fully saturated rings. The number of aromatic nitrogens is 1. The van der Waals surface area contributed by atoms with Crippen LogP contribution in [0.3, 0.4) is 0 Å². The average molecular weight is 423 g/mol. The zero-order valence-electron chi connectivity index (χ0n) is 15.5. The van der Waals surface area contributed by atoms with Gasteiger partial charge in [-0.15, -0.1) is 0 Å². The number of nitrogens with zero attached hydrogens (tertiary/aromatic N) is 2. The maximum atomic E-state index is 13.7. The van der Waals surface area contributed by atoms with E-state index in [9.17, 15) is 9.59 Å². The lowest BCUT2D eigenvalue weighted by Gasteiger charge is -2.29. The molecular formula is C23H16Cl2N2O2. The first-order chi connectivity index (χ1) is 13.9. The molecule has 1 saturated heterocycles. The van der Waals surface area contributed by atoms with Crippen LogP contribution in [0.1, 0.15) is 18.1 Å². The number of benzene rings is 2. The SMILES string of the molecule is C[C@@]12C(=O)N(c3cc(Cl)cc(Cl)c3)C(=O)C1[C@]2(c1ccccc1)c1ccncc1. The monoisotopic (exact) mass is 422 g/mol. The van der Waals surface area contributed by atoms with E-state index in [1.807, 2.05) is 49.4 Å². The van der Waals surface area contributed by atoms with Crippen LogP contribution < -0.4 is 4.90 Å². The van der Waals surface area contributed by atoms with Crippen molar-refractivity contribution in [3.63, 3.8) is 0 Å². The van der Waals surface area contributed by atoms with Crippen LogP contribution in [-0.4, -0.2) is 16.8 Å². The van der Waals surface area contributed by atoms with Crippen molar-refractivity contribution in [3.05, 3.63) is 94.2 Å². The molecule has 0 spiro atoms. The van der Waals surface area contributed by atoms with Gasteiger partial charge in [-0.05, 0) is 48.4 Å². The molecule has 2 aromatic carbocycles. The molecule has 4 nitrogen and oxygen atoms in total. The number of hydrogen-bond donors (Lipinski definition) is 0. The van der Waals surface area contributed by atoms with Gasteiger partial charge in [-0.1, -0.05) is 53.5 Å². The van der Waals surface area contributed by atoms with Crippen LogP contribution in [0.5, 0.6) is 0 Å². The Labute approximate surface area is 178 Å². The quantitative estimate of drug-likeness (QED) is 0.564. The molecule has 3 atom stereocenters. The molecule has 29 heavy (non-hydrogen) atoms. The summed E-state index contributed by atoms with van der Waals surface area (Å²) >= 11 is 12.2. The van der Waals surface area contributed by atoms with Crippen molar-refractivity contribution in [3.8, 4) is 0 Å². The van der Waals surface area contributed by atoms with Gasteiger partial charge in [0.1, 0.15) is 0 Å². The maximum Gasteiger partial charge on any atom is 0.241 e. The lowest BCUT2D eigenvalue weighted by molar-refractivity contribution is -0.125. The van der Waals surface area contributed by atoms with E-state index < -0.39 is 16.7 Å². The van der Waals surface area contributed by atoms with Gasteiger partial charge in [0.05, 0.1) is 17.0 Å². The van der Waals surface area contributed by atoms with Gasteiger partial charge in [0.25, 0.3) is 0 Å². The topological polar surface area (TPSA) is 50.3 Å². The van der Waals surface area contributed by atoms with Crippen molar-refractivity contribution in [2.24, 2.45) is 11.3 Å². The number of anilines is 1. The van der Waals surface area contributed by atoms with E-state index in [2.05, 4.69) is 4.98 Å². The van der Waals surface area contributed by atoms with Gasteiger partial charge in [-0.25, -0.2) is 4.90 Å². The number of amides is 2. The van der Waals surface area contributed by atoms with Crippen molar-refractivity contribution in [1.82, 2.24) is 4.98 Å². The minimum Gasteiger partial charge on any atom is -0.274 e. The smallest absolute Gasteiger partial charge is 0.241 e. The van der Waals surface area contributed by atoms with Gasteiger partial charge in [-0.2, -0.15) is 0 Å². The van der Waals surface area contributed by atoms with E-state index in [1.165, 1.54) is 4.90 Å². The summed E-state index contributed by atoms with van der Waals surface area (Å²) in [6.07, 6.45) is 3.39. The van der Waals surface area contributed by atoms with Crippen LogP contribution in [0.2, 0.25) is 10.0 Å². The van der Waals surface area contributed by atoms with Crippen molar-refractivity contribution in [2.75, 3.05) is 4.90 Å². The molecule has 6 heteroatoms. The third kappa shape index (κ3) is 2.24. The number of hydrogen-bond acceptors (Lipinski definition) is 3. The lowest BCUT2D eigenvalue weighted by atomic mass is 9.79. The van der Waals surface area contributed by atoms with E-state index in [0.717, 1.165) is 11.1 Å². The summed E-state index contributed by atoms with van der Waals surface area (Å²) in [5, 5.41) is 0.754. The van der Waals surface area contributed by atoms with Crippen molar-refractivity contribution >= 4 is 40.7 Å². The third-order valence-corrected chi connectivity index (χ3v) is 6.77. The standard InChI is InChI=1S/C23H16Cl2N2O2/c1-22-19(20(28)27(21(22)29)18-12-16(24)11-17(25)13-18)23(22,14-5-3-2-4-6-14)15-7-9-26-10-8-15/h2-13,19H,1H3/t19?,22-,23-/m0/s1. The largest absolute Gasteiger partial charge is 0.274 e. The van der Waals surface area contributed by atoms with Crippen molar-refractivity contribution < 1.29 is 9.59 Å². The Balaban J connectivity index is 1.68. The fourth-order valence-corrected chi connectivity index (χ4v) is 5.65. The number of imide groups is 1. The normalized spacial score (nSPS) is 27.8. The van der Waals surface area contributed by atoms with Crippen LogP contribution in [-0.2, 0) is 15.0 Å². The molecule has 1 aromatic heterocycles. The Morgan fingerprint density at radius 3 is 2.03 bits per heavy atom. The van der Waals surface area contributed by atoms with Crippen LogP contribution in [0.4, 0.5) is 5.69 Å². The Bertz CT molecular complexity index is 1090. The van der Waals surface area contributed by atoms with Crippen LogP contribution >= 0.6 is 23.2 Å². The Kier molecular flexibility index (Phi) is 3.89. The molecular weight excluding hydrogens is 407 g/mol. The second-order valence-electron chi connectivity index (χ2n) is 7.65. The van der Waals surface area contributed by atoms with Gasteiger partial charge in [0.15, 0.2) is 0 Å². The first-order valence-corrected chi connectivity index (χ1v) is 9.98. The van der Waals surface area contributed by atoms with Crippen LogP contribution in [0.25, 0.3) is 0 Å². The predicted molar refractivity (Wildman–Crippen MR) is 112 cm³/mol. The molecule has 1 aliphatic heterocycles. The summed E-state index contributed by atoms with van der Waals surface area (Å²) in [4.78, 5) is 32.6. The summed E-state index contributed by atoms with van der Waals surface area (Å²) in [6, 6.07) is 18.3. The number of fused-ring (bicyclic) bond motifs is 1. The lowest BCUT2D eigenvalue weighted by Crippen LogP contribution is -2.42. The summed E-state index contributed by atoms with van der Waals surface area (Å²) in [5.41, 5.74) is 0.648. The number of carbonyl (C=O) groups is 2. The average Bonchev–Trinajstić information content (AvgIpc) is 3.23. The molecule has 0 radical (unpaired) electrons. The van der Waals surface area contributed by atoms with Gasteiger partial charge < -0.3 is 0 Å². The molecule has 1 unspecified atom stereocenters. The van der Waals surface area contributed by atoms with Crippen molar-refractivity contribution in [2.45, 2.75) is 12.3 Å². The molecule has 1 saturated carbocycles. The first kappa shape index (κ1) is 18.3. The van der Waals surface area contributed by atoms with E-state index in [4.69, 9.17) is 23.2 Å². The number of rotatable bonds is 3. The van der Waals surface area contributed by atoms with Crippen LogP contribution in [0, 0.1) is 11.3 Å². The highest BCUT2D eigenvalue weighted by Gasteiger charge is 2.86. The molecule has 0 bridgehead atoms. The summed E-state index contributed by atoms with van der Waals surface area (Å²) < 4.78 is 0. The molecule has 1 aliphatic carbocycles. The van der Waals surface area contributed by atoms with E-state index in [1.54, 1.807) is 30.6 Å². The minimum atomic E-state index is -0.901. The zero-order valence-corrected chi connectivity index (χ0v) is 17.0. The van der Waals surface area contributed by atoms with Gasteiger partial charge in [0, 0.05) is 27.9 Å². The molecule has 0 N–H and O–H groups in total. The molecule has 5 rings (SSSR count). The zero-order chi connectivity index (χ0) is 20.4. The summed E-state index contributed by atoms with van der Waals surface area (Å²) in [6.45, 7) is 1.87. The van der Waals surface area contributed by atoms with E-state index >= 15 is 0 Å².